The van der Waals surface area contributed by atoms with Crippen LogP contribution in [0.1, 0.15) is 37.5 Å². The fourth-order valence-electron chi connectivity index (χ4n) is 5.07. The summed E-state index contributed by atoms with van der Waals surface area (Å²) in [6.07, 6.45) is 6.52. The molecule has 3 heterocycles. The number of hydrogen-bond donors (Lipinski definition) is 0. The largest absolute Gasteiger partial charge is 0.484 e. The predicted octanol–water partition coefficient (Wildman–Crippen LogP) is 4.67. The van der Waals surface area contributed by atoms with E-state index in [-0.39, 0.29) is 12.5 Å². The summed E-state index contributed by atoms with van der Waals surface area (Å²) in [6, 6.07) is 18.0. The van der Waals surface area contributed by atoms with E-state index >= 15 is 0 Å². The Kier molecular flexibility index (Phi) is 6.24. The maximum atomic E-state index is 12.7. The SMILES string of the molecule is O=C(COc1ccc2ccccc2c1)N1CCN(c2ccc(-c3noc(C4CCCC4)n3)cn2)CC1. The Hall–Kier alpha value is -3.94. The Morgan fingerprint density at radius 2 is 1.78 bits per heavy atom. The second-order valence-corrected chi connectivity index (χ2v) is 9.51. The van der Waals surface area contributed by atoms with Gasteiger partial charge in [-0.25, -0.2) is 4.98 Å². The molecule has 2 aromatic heterocycles. The van der Waals surface area contributed by atoms with Crippen molar-refractivity contribution in [1.82, 2.24) is 20.0 Å². The summed E-state index contributed by atoms with van der Waals surface area (Å²) in [7, 11) is 0. The Morgan fingerprint density at radius 3 is 2.56 bits per heavy atom. The van der Waals surface area contributed by atoms with E-state index in [0.29, 0.717) is 30.6 Å². The molecule has 0 unspecified atom stereocenters. The number of carbonyl (C=O) groups excluding carboxylic acids is 1. The van der Waals surface area contributed by atoms with Gasteiger partial charge in [-0.3, -0.25) is 4.79 Å². The minimum Gasteiger partial charge on any atom is -0.484 e. The summed E-state index contributed by atoms with van der Waals surface area (Å²) in [6.45, 7) is 2.76. The topological polar surface area (TPSA) is 84.6 Å². The highest BCUT2D eigenvalue weighted by molar-refractivity contribution is 5.84. The average Bonchev–Trinajstić information content (AvgIpc) is 3.65. The third-order valence-corrected chi connectivity index (χ3v) is 7.19. The first-order valence-corrected chi connectivity index (χ1v) is 12.7. The molecule has 6 rings (SSSR count). The third-order valence-electron chi connectivity index (χ3n) is 7.19. The van der Waals surface area contributed by atoms with Crippen LogP contribution in [0.5, 0.6) is 5.75 Å². The molecule has 36 heavy (non-hydrogen) atoms. The number of anilines is 1. The van der Waals surface area contributed by atoms with Gasteiger partial charge in [0.2, 0.25) is 11.7 Å². The molecule has 1 aliphatic heterocycles. The number of piperazine rings is 1. The molecular formula is C28H29N5O3. The van der Waals surface area contributed by atoms with E-state index in [1.54, 1.807) is 6.20 Å². The Bertz CT molecular complexity index is 1340. The highest BCUT2D eigenvalue weighted by atomic mass is 16.5. The lowest BCUT2D eigenvalue weighted by Gasteiger charge is -2.35. The first-order chi connectivity index (χ1) is 17.7. The minimum atomic E-state index is 0.00119. The maximum Gasteiger partial charge on any atom is 0.260 e. The number of pyridine rings is 1. The monoisotopic (exact) mass is 483 g/mol. The second kappa shape index (κ2) is 9.97. The van der Waals surface area contributed by atoms with Crippen molar-refractivity contribution in [2.45, 2.75) is 31.6 Å². The number of rotatable bonds is 6. The van der Waals surface area contributed by atoms with E-state index in [4.69, 9.17) is 9.26 Å². The molecule has 0 bridgehead atoms. The van der Waals surface area contributed by atoms with Crippen molar-refractivity contribution < 1.29 is 14.1 Å². The molecule has 1 saturated heterocycles. The molecule has 8 nitrogen and oxygen atoms in total. The Labute approximate surface area is 209 Å². The van der Waals surface area contributed by atoms with Crippen molar-refractivity contribution in [2.75, 3.05) is 37.7 Å². The van der Waals surface area contributed by atoms with Crippen LogP contribution in [-0.2, 0) is 4.79 Å². The van der Waals surface area contributed by atoms with Crippen LogP contribution in [0, 0.1) is 0 Å². The van der Waals surface area contributed by atoms with Crippen molar-refractivity contribution in [3.05, 3.63) is 66.7 Å². The van der Waals surface area contributed by atoms with Crippen LogP contribution in [-0.4, -0.2) is 58.7 Å². The molecule has 0 radical (unpaired) electrons. The number of benzene rings is 2. The molecule has 2 aromatic carbocycles. The zero-order valence-electron chi connectivity index (χ0n) is 20.2. The van der Waals surface area contributed by atoms with E-state index in [9.17, 15) is 4.79 Å². The average molecular weight is 484 g/mol. The number of fused-ring (bicyclic) bond motifs is 1. The molecule has 0 N–H and O–H groups in total. The molecule has 0 atom stereocenters. The van der Waals surface area contributed by atoms with Crippen molar-refractivity contribution in [2.24, 2.45) is 0 Å². The van der Waals surface area contributed by atoms with Gasteiger partial charge in [0.05, 0.1) is 0 Å². The molecule has 1 aliphatic carbocycles. The lowest BCUT2D eigenvalue weighted by atomic mass is 10.1. The molecule has 2 aliphatic rings. The molecule has 8 heteroatoms. The van der Waals surface area contributed by atoms with Crippen LogP contribution in [0.15, 0.2) is 65.3 Å². The van der Waals surface area contributed by atoms with E-state index in [2.05, 4.69) is 26.1 Å². The lowest BCUT2D eigenvalue weighted by molar-refractivity contribution is -0.133. The quantitative estimate of drug-likeness (QED) is 0.394. The standard InChI is InChI=1S/C28H29N5O3/c34-26(19-35-24-11-9-20-5-1-4-8-22(20)17-24)33-15-13-32(14-16-33)25-12-10-23(18-29-25)27-30-28(36-31-27)21-6-2-3-7-21/h1,4-5,8-12,17-18,21H,2-3,6-7,13-16,19H2. The summed E-state index contributed by atoms with van der Waals surface area (Å²) in [5.74, 6) is 3.34. The number of aromatic nitrogens is 3. The highest BCUT2D eigenvalue weighted by Gasteiger charge is 2.24. The van der Waals surface area contributed by atoms with Gasteiger partial charge in [0.15, 0.2) is 6.61 Å². The van der Waals surface area contributed by atoms with Gasteiger partial charge in [-0.1, -0.05) is 48.3 Å². The second-order valence-electron chi connectivity index (χ2n) is 9.51. The molecule has 4 aromatic rings. The fourth-order valence-corrected chi connectivity index (χ4v) is 5.07. The van der Waals surface area contributed by atoms with Crippen LogP contribution in [0.25, 0.3) is 22.2 Å². The number of amides is 1. The van der Waals surface area contributed by atoms with Gasteiger partial charge in [-0.15, -0.1) is 0 Å². The van der Waals surface area contributed by atoms with Gasteiger partial charge in [0, 0.05) is 43.9 Å². The van der Waals surface area contributed by atoms with Gasteiger partial charge in [0.1, 0.15) is 11.6 Å². The van der Waals surface area contributed by atoms with E-state index in [1.165, 1.54) is 12.8 Å². The lowest BCUT2D eigenvalue weighted by Crippen LogP contribution is -2.50. The molecule has 2 fully saturated rings. The van der Waals surface area contributed by atoms with Crippen molar-refractivity contribution in [3.8, 4) is 17.1 Å². The number of ether oxygens (including phenoxy) is 1. The molecule has 0 spiro atoms. The van der Waals surface area contributed by atoms with Gasteiger partial charge >= 0.3 is 0 Å². The van der Waals surface area contributed by atoms with Gasteiger partial charge in [-0.2, -0.15) is 4.98 Å². The number of hydrogen-bond acceptors (Lipinski definition) is 7. The van der Waals surface area contributed by atoms with E-state index < -0.39 is 0 Å². The summed E-state index contributed by atoms with van der Waals surface area (Å²) >= 11 is 0. The predicted molar refractivity (Wildman–Crippen MR) is 137 cm³/mol. The van der Waals surface area contributed by atoms with Crippen LogP contribution in [0.2, 0.25) is 0 Å². The molecule has 1 saturated carbocycles. The van der Waals surface area contributed by atoms with Crippen LogP contribution in [0.4, 0.5) is 5.82 Å². The van der Waals surface area contributed by atoms with Crippen LogP contribution >= 0.6 is 0 Å². The smallest absolute Gasteiger partial charge is 0.260 e. The normalized spacial score (nSPS) is 16.6. The van der Waals surface area contributed by atoms with Crippen LogP contribution in [0.3, 0.4) is 0 Å². The van der Waals surface area contributed by atoms with Gasteiger partial charge < -0.3 is 19.1 Å². The maximum absolute atomic E-state index is 12.7. The summed E-state index contributed by atoms with van der Waals surface area (Å²) in [5.41, 5.74) is 0.853. The molecule has 184 valence electrons. The first kappa shape index (κ1) is 22.5. The first-order valence-electron chi connectivity index (χ1n) is 12.7. The van der Waals surface area contributed by atoms with E-state index in [0.717, 1.165) is 54.0 Å². The van der Waals surface area contributed by atoms with Crippen LogP contribution < -0.4 is 9.64 Å². The fraction of sp³-hybridized carbons (Fsp3) is 0.357. The Balaban J connectivity index is 1.01. The zero-order valence-corrected chi connectivity index (χ0v) is 20.2. The summed E-state index contributed by atoms with van der Waals surface area (Å²) in [5, 5.41) is 6.41. The summed E-state index contributed by atoms with van der Waals surface area (Å²) in [4.78, 5) is 26.0. The summed E-state index contributed by atoms with van der Waals surface area (Å²) < 4.78 is 11.3. The third kappa shape index (κ3) is 4.76. The molecule has 1 amide bonds. The molecular weight excluding hydrogens is 454 g/mol. The Morgan fingerprint density at radius 1 is 0.972 bits per heavy atom. The number of carbonyl (C=O) groups is 1. The zero-order chi connectivity index (χ0) is 24.3. The van der Waals surface area contributed by atoms with Crippen molar-refractivity contribution >= 4 is 22.5 Å². The van der Waals surface area contributed by atoms with Crippen molar-refractivity contribution in [3.63, 3.8) is 0 Å². The van der Waals surface area contributed by atoms with Gasteiger partial charge in [0.25, 0.3) is 5.91 Å². The van der Waals surface area contributed by atoms with Crippen molar-refractivity contribution in [1.29, 1.82) is 0 Å². The van der Waals surface area contributed by atoms with Gasteiger partial charge in [-0.05, 0) is 47.9 Å². The highest BCUT2D eigenvalue weighted by Crippen LogP contribution is 2.34. The minimum absolute atomic E-state index is 0.00119. The number of nitrogens with zero attached hydrogens (tertiary/aromatic N) is 5. The van der Waals surface area contributed by atoms with E-state index in [1.807, 2.05) is 53.4 Å².